The highest BCUT2D eigenvalue weighted by Crippen LogP contribution is 2.30. The number of rotatable bonds is 6. The monoisotopic (exact) mass is 406 g/mol. The highest BCUT2D eigenvalue weighted by Gasteiger charge is 2.26. The van der Waals surface area contributed by atoms with Crippen molar-refractivity contribution in [2.45, 2.75) is 13.3 Å². The average Bonchev–Trinajstić information content (AvgIpc) is 2.79. The van der Waals surface area contributed by atoms with Gasteiger partial charge in [0, 0.05) is 45.0 Å². The van der Waals surface area contributed by atoms with E-state index < -0.39 is 16.6 Å². The van der Waals surface area contributed by atoms with Gasteiger partial charge in [-0.15, -0.1) is 0 Å². The summed E-state index contributed by atoms with van der Waals surface area (Å²) in [7, 11) is -0.885. The Labute approximate surface area is 165 Å². The molecule has 0 radical (unpaired) electrons. The summed E-state index contributed by atoms with van der Waals surface area (Å²) in [5.41, 5.74) is 2.02. The Bertz CT molecular complexity index is 917. The normalized spacial score (nSPS) is 15.1. The number of halogens is 2. The Morgan fingerprint density at radius 2 is 2.00 bits per heavy atom. The molecule has 2 aromatic rings. The van der Waals surface area contributed by atoms with Crippen LogP contribution in [0.1, 0.15) is 24.5 Å². The molecule has 4 nitrogen and oxygen atoms in total. The highest BCUT2D eigenvalue weighted by atomic mass is 35.5. The number of hydrogen-bond donors (Lipinski definition) is 0. The minimum absolute atomic E-state index is 0.0766. The van der Waals surface area contributed by atoms with Crippen LogP contribution in [0, 0.1) is 5.82 Å². The van der Waals surface area contributed by atoms with Gasteiger partial charge >= 0.3 is 0 Å². The van der Waals surface area contributed by atoms with Gasteiger partial charge in [0.15, 0.2) is 0 Å². The fourth-order valence-electron chi connectivity index (χ4n) is 3.04. The van der Waals surface area contributed by atoms with Crippen molar-refractivity contribution in [2.24, 2.45) is 4.99 Å². The molecule has 0 bridgehead atoms. The summed E-state index contributed by atoms with van der Waals surface area (Å²) in [6.45, 7) is 2.23. The molecule has 0 spiro atoms. The van der Waals surface area contributed by atoms with E-state index in [-0.39, 0.29) is 12.5 Å². The zero-order valence-corrected chi connectivity index (χ0v) is 16.5. The number of benzene rings is 2. The molecular weight excluding hydrogens is 387 g/mol. The van der Waals surface area contributed by atoms with Crippen LogP contribution in [-0.2, 0) is 15.6 Å². The van der Waals surface area contributed by atoms with E-state index in [0.29, 0.717) is 52.0 Å². The maximum absolute atomic E-state index is 14.4. The van der Waals surface area contributed by atoms with Crippen LogP contribution in [0.25, 0.3) is 0 Å². The Morgan fingerprint density at radius 3 is 2.74 bits per heavy atom. The number of anilines is 1. The van der Waals surface area contributed by atoms with Crippen LogP contribution in [0.2, 0.25) is 5.02 Å². The number of fused-ring (bicyclic) bond motifs is 1. The number of amides is 1. The molecule has 0 N–H and O–H groups in total. The molecule has 2 aromatic carbocycles. The maximum Gasteiger partial charge on any atom is 0.248 e. The van der Waals surface area contributed by atoms with Crippen LogP contribution in [0.3, 0.4) is 0 Å². The molecule has 1 aliphatic heterocycles. The lowest BCUT2D eigenvalue weighted by Crippen LogP contribution is -2.34. The highest BCUT2D eigenvalue weighted by molar-refractivity contribution is 7.84. The van der Waals surface area contributed by atoms with E-state index in [1.807, 2.05) is 6.92 Å². The summed E-state index contributed by atoms with van der Waals surface area (Å²) in [4.78, 5) is 18.7. The molecule has 3 rings (SSSR count). The number of hydrogen-bond acceptors (Lipinski definition) is 3. The van der Waals surface area contributed by atoms with Crippen LogP contribution in [0.5, 0.6) is 0 Å². The first kappa shape index (κ1) is 19.7. The van der Waals surface area contributed by atoms with Crippen molar-refractivity contribution >= 4 is 39.7 Å². The van der Waals surface area contributed by atoms with Gasteiger partial charge in [-0.2, -0.15) is 0 Å². The lowest BCUT2D eigenvalue weighted by atomic mass is 9.99. The Kier molecular flexibility index (Phi) is 6.39. The number of carbonyl (C=O) groups excluding carboxylic acids is 1. The molecule has 0 aliphatic carbocycles. The lowest BCUT2D eigenvalue weighted by Gasteiger charge is -2.23. The largest absolute Gasteiger partial charge is 0.310 e. The van der Waals surface area contributed by atoms with Gasteiger partial charge in [0.25, 0.3) is 0 Å². The zero-order chi connectivity index (χ0) is 19.4. The third-order valence-electron chi connectivity index (χ3n) is 4.38. The van der Waals surface area contributed by atoms with Crippen LogP contribution in [-0.4, -0.2) is 40.4 Å². The van der Waals surface area contributed by atoms with Crippen molar-refractivity contribution in [3.8, 4) is 0 Å². The molecule has 7 heteroatoms. The van der Waals surface area contributed by atoms with E-state index in [9.17, 15) is 13.4 Å². The van der Waals surface area contributed by atoms with Gasteiger partial charge in [-0.05, 0) is 36.8 Å². The van der Waals surface area contributed by atoms with Crippen LogP contribution in [0.15, 0.2) is 47.5 Å². The number of benzodiazepines with no additional fused rings is 1. The van der Waals surface area contributed by atoms with E-state index in [0.717, 1.165) is 0 Å². The van der Waals surface area contributed by atoms with Crippen molar-refractivity contribution in [1.82, 2.24) is 0 Å². The maximum atomic E-state index is 14.4. The second-order valence-electron chi connectivity index (χ2n) is 6.14. The molecule has 0 fully saturated rings. The summed E-state index contributed by atoms with van der Waals surface area (Å²) >= 11 is 6.18. The third kappa shape index (κ3) is 4.45. The van der Waals surface area contributed by atoms with Crippen LogP contribution in [0.4, 0.5) is 10.1 Å². The quantitative estimate of drug-likeness (QED) is 0.732. The van der Waals surface area contributed by atoms with E-state index in [2.05, 4.69) is 4.99 Å². The van der Waals surface area contributed by atoms with Crippen molar-refractivity contribution in [3.63, 3.8) is 0 Å². The molecular formula is C20H20ClFN2O2S. The Balaban J connectivity index is 2.01. The van der Waals surface area contributed by atoms with Gasteiger partial charge in [-0.3, -0.25) is 14.0 Å². The minimum atomic E-state index is -0.885. The number of nitrogens with zero attached hydrogens (tertiary/aromatic N) is 2. The Morgan fingerprint density at radius 1 is 1.22 bits per heavy atom. The minimum Gasteiger partial charge on any atom is -0.310 e. The van der Waals surface area contributed by atoms with Gasteiger partial charge in [0.1, 0.15) is 12.4 Å². The van der Waals surface area contributed by atoms with Crippen LogP contribution < -0.4 is 4.90 Å². The Hall–Kier alpha value is -2.05. The summed E-state index contributed by atoms with van der Waals surface area (Å²) in [6, 6.07) is 11.5. The fourth-order valence-corrected chi connectivity index (χ4v) is 3.95. The topological polar surface area (TPSA) is 49.7 Å². The molecule has 1 atom stereocenters. The number of carbonyl (C=O) groups is 1. The van der Waals surface area contributed by atoms with Gasteiger partial charge < -0.3 is 4.90 Å². The van der Waals surface area contributed by atoms with Gasteiger partial charge in [0.05, 0.1) is 11.4 Å². The SMILES string of the molecule is CCS(=O)CCCN1C(=O)CN=C(c2ccccc2F)c2cc(Cl)ccc21. The zero-order valence-electron chi connectivity index (χ0n) is 15.0. The first-order chi connectivity index (χ1) is 13.0. The average molecular weight is 407 g/mol. The predicted octanol–water partition coefficient (Wildman–Crippen LogP) is 3.82. The van der Waals surface area contributed by atoms with Crippen molar-refractivity contribution in [2.75, 3.05) is 29.5 Å². The molecule has 0 saturated carbocycles. The number of aliphatic imine (C=N–C) groups is 1. The summed E-state index contributed by atoms with van der Waals surface area (Å²) in [6.07, 6.45) is 0.614. The summed E-state index contributed by atoms with van der Waals surface area (Å²) in [5, 5.41) is 0.485. The molecule has 1 aliphatic rings. The predicted molar refractivity (Wildman–Crippen MR) is 109 cm³/mol. The first-order valence-electron chi connectivity index (χ1n) is 8.76. The first-order valence-corrected chi connectivity index (χ1v) is 10.6. The molecule has 1 unspecified atom stereocenters. The van der Waals surface area contributed by atoms with Crippen LogP contribution >= 0.6 is 11.6 Å². The van der Waals surface area contributed by atoms with Crippen molar-refractivity contribution < 1.29 is 13.4 Å². The lowest BCUT2D eigenvalue weighted by molar-refractivity contribution is -0.117. The molecule has 142 valence electrons. The summed E-state index contributed by atoms with van der Waals surface area (Å²) < 4.78 is 26.1. The van der Waals surface area contributed by atoms with Crippen molar-refractivity contribution in [1.29, 1.82) is 0 Å². The smallest absolute Gasteiger partial charge is 0.248 e. The van der Waals surface area contributed by atoms with E-state index in [4.69, 9.17) is 11.6 Å². The van der Waals surface area contributed by atoms with E-state index in [1.54, 1.807) is 41.3 Å². The fraction of sp³-hybridized carbons (Fsp3) is 0.300. The second-order valence-corrected chi connectivity index (χ2v) is 8.44. The molecule has 0 saturated heterocycles. The van der Waals surface area contributed by atoms with Gasteiger partial charge in [0.2, 0.25) is 5.91 Å². The van der Waals surface area contributed by atoms with Gasteiger partial charge in [-0.25, -0.2) is 4.39 Å². The van der Waals surface area contributed by atoms with Gasteiger partial charge in [-0.1, -0.05) is 30.7 Å². The van der Waals surface area contributed by atoms with Crippen molar-refractivity contribution in [3.05, 3.63) is 64.4 Å². The molecule has 0 aromatic heterocycles. The standard InChI is InChI=1S/C20H20ClFN2O2S/c1-2-27(26)11-5-10-24-18-9-8-14(21)12-16(18)20(23-13-19(24)25)15-6-3-4-7-17(15)22/h3-4,6-9,12H,2,5,10-11,13H2,1H3. The summed E-state index contributed by atoms with van der Waals surface area (Å²) in [5.74, 6) is 0.555. The molecule has 1 amide bonds. The second kappa shape index (κ2) is 8.76. The third-order valence-corrected chi connectivity index (χ3v) is 6.01. The molecule has 1 heterocycles. The van der Waals surface area contributed by atoms with E-state index >= 15 is 0 Å². The van der Waals surface area contributed by atoms with E-state index in [1.165, 1.54) is 6.07 Å². The molecule has 27 heavy (non-hydrogen) atoms.